The molecule has 2 heterocycles. The Morgan fingerprint density at radius 1 is 0.450 bits per heavy atom. The Balaban J connectivity index is 1.92. The first kappa shape index (κ1) is 29.6. The Morgan fingerprint density at radius 3 is 0.975 bits per heavy atom. The molecule has 6 heteroatoms. The van der Waals surface area contributed by atoms with Gasteiger partial charge in [-0.2, -0.15) is 0 Å². The summed E-state index contributed by atoms with van der Waals surface area (Å²) >= 11 is 0. The highest BCUT2D eigenvalue weighted by Gasteiger charge is 2.57. The van der Waals surface area contributed by atoms with E-state index in [1.54, 1.807) is 0 Å². The lowest BCUT2D eigenvalue weighted by atomic mass is 9.61. The van der Waals surface area contributed by atoms with Gasteiger partial charge in [-0.3, -0.25) is 0 Å². The van der Waals surface area contributed by atoms with Crippen molar-refractivity contribution in [3.63, 3.8) is 0 Å². The molecule has 3 aromatic carbocycles. The molecule has 0 spiro atoms. The minimum atomic E-state index is -0.561. The maximum atomic E-state index is 6.75. The molecule has 0 radical (unpaired) electrons. The molecular formula is C34H48B2O4. The summed E-state index contributed by atoms with van der Waals surface area (Å²) < 4.78 is 27.0. The normalized spacial score (nSPS) is 22.1. The first-order valence-corrected chi connectivity index (χ1v) is 14.8. The zero-order chi connectivity index (χ0) is 29.8. The molecule has 2 fully saturated rings. The minimum absolute atomic E-state index is 0.0110. The third-order valence-corrected chi connectivity index (χ3v) is 9.91. The maximum Gasteiger partial charge on any atom is 0.495 e. The summed E-state index contributed by atoms with van der Waals surface area (Å²) in [5.41, 5.74) is 2.71. The average Bonchev–Trinajstić information content (AvgIpc) is 3.15. The van der Waals surface area contributed by atoms with E-state index in [1.807, 2.05) is 0 Å². The van der Waals surface area contributed by atoms with Gasteiger partial charge in [0.2, 0.25) is 0 Å². The molecule has 3 aromatic rings. The van der Waals surface area contributed by atoms with E-state index in [9.17, 15) is 0 Å². The second-order valence-electron chi connectivity index (χ2n) is 16.0. The summed E-state index contributed by atoms with van der Waals surface area (Å²) in [4.78, 5) is 0. The van der Waals surface area contributed by atoms with Gasteiger partial charge in [-0.15, -0.1) is 0 Å². The van der Waals surface area contributed by atoms with Crippen LogP contribution in [0.5, 0.6) is 0 Å². The molecule has 0 N–H and O–H groups in total. The van der Waals surface area contributed by atoms with Gasteiger partial charge < -0.3 is 18.6 Å². The van der Waals surface area contributed by atoms with Crippen LogP contribution < -0.4 is 10.9 Å². The minimum Gasteiger partial charge on any atom is -0.399 e. The lowest BCUT2D eigenvalue weighted by molar-refractivity contribution is 0.00578. The van der Waals surface area contributed by atoms with E-state index in [1.165, 1.54) is 21.9 Å². The number of hydrogen-bond acceptors (Lipinski definition) is 4. The molecule has 0 aromatic heterocycles. The maximum absolute atomic E-state index is 6.75. The van der Waals surface area contributed by atoms with Gasteiger partial charge in [-0.1, -0.05) is 77.9 Å². The molecule has 0 unspecified atom stereocenters. The fourth-order valence-corrected chi connectivity index (χ4v) is 5.66. The molecule has 4 nitrogen and oxygen atoms in total. The van der Waals surface area contributed by atoms with Crippen molar-refractivity contribution in [2.75, 3.05) is 0 Å². The van der Waals surface area contributed by atoms with Gasteiger partial charge in [-0.25, -0.2) is 0 Å². The van der Waals surface area contributed by atoms with Gasteiger partial charge in [0.25, 0.3) is 0 Å². The van der Waals surface area contributed by atoms with Crippen molar-refractivity contribution < 1.29 is 18.6 Å². The van der Waals surface area contributed by atoms with Crippen molar-refractivity contribution in [1.82, 2.24) is 0 Å². The van der Waals surface area contributed by atoms with Crippen LogP contribution in [0.1, 0.15) is 108 Å². The van der Waals surface area contributed by atoms with Gasteiger partial charge in [0.05, 0.1) is 22.4 Å². The van der Waals surface area contributed by atoms with Gasteiger partial charge in [0.15, 0.2) is 0 Å². The van der Waals surface area contributed by atoms with E-state index in [-0.39, 0.29) is 10.8 Å². The fraction of sp³-hybridized carbons (Fsp3) is 0.588. The van der Waals surface area contributed by atoms with Gasteiger partial charge in [-0.05, 0) is 110 Å². The monoisotopic (exact) mass is 542 g/mol. The Morgan fingerprint density at radius 2 is 0.725 bits per heavy atom. The van der Waals surface area contributed by atoms with Gasteiger partial charge in [0.1, 0.15) is 0 Å². The van der Waals surface area contributed by atoms with Crippen molar-refractivity contribution in [1.29, 1.82) is 0 Å². The average molecular weight is 542 g/mol. The second kappa shape index (κ2) is 8.83. The molecule has 0 amide bonds. The fourth-order valence-electron chi connectivity index (χ4n) is 5.66. The predicted molar refractivity (Wildman–Crippen MR) is 170 cm³/mol. The molecule has 214 valence electrons. The molecular weight excluding hydrogens is 494 g/mol. The van der Waals surface area contributed by atoms with Gasteiger partial charge >= 0.3 is 14.2 Å². The SMILES string of the molecule is CC(C)(C)c1ccc2c(B3OC(C)(C)C(C)(C)O3)c(B3OC(C)(C)C(C)(C)O3)c3ccc(C(C)(C)C)cc3c2c1. The standard InChI is InChI=1S/C34H48B2O4/c1-29(2,3)21-15-17-23-25(19-21)26-20-22(30(4,5)6)16-18-24(26)28(36-39-33(11,12)34(13,14)40-36)27(23)35-37-31(7,8)32(9,10)38-35/h15-20H,1-14H3. The van der Waals surface area contributed by atoms with Crippen LogP contribution in [-0.2, 0) is 29.4 Å². The zero-order valence-electron chi connectivity index (χ0n) is 27.3. The highest BCUT2D eigenvalue weighted by molar-refractivity contribution is 6.79. The topological polar surface area (TPSA) is 36.9 Å². The van der Waals surface area contributed by atoms with Crippen LogP contribution >= 0.6 is 0 Å². The number of hydrogen-bond donors (Lipinski definition) is 0. The van der Waals surface area contributed by atoms with E-state index in [0.717, 1.165) is 21.7 Å². The van der Waals surface area contributed by atoms with Crippen molar-refractivity contribution in [2.24, 2.45) is 0 Å². The summed E-state index contributed by atoms with van der Waals surface area (Å²) in [5.74, 6) is 0. The number of rotatable bonds is 2. The van der Waals surface area contributed by atoms with Crippen LogP contribution in [0.3, 0.4) is 0 Å². The summed E-state index contributed by atoms with van der Waals surface area (Å²) in [6, 6.07) is 13.8. The smallest absolute Gasteiger partial charge is 0.399 e. The summed E-state index contributed by atoms with van der Waals surface area (Å²) in [5, 5.41) is 4.65. The van der Waals surface area contributed by atoms with Crippen LogP contribution in [0, 0.1) is 0 Å². The third-order valence-electron chi connectivity index (χ3n) is 9.91. The molecule has 2 aliphatic rings. The van der Waals surface area contributed by atoms with E-state index in [4.69, 9.17) is 18.6 Å². The Kier molecular flexibility index (Phi) is 6.54. The van der Waals surface area contributed by atoms with Crippen molar-refractivity contribution in [3.8, 4) is 0 Å². The van der Waals surface area contributed by atoms with Crippen LogP contribution in [0.15, 0.2) is 36.4 Å². The lowest BCUT2D eigenvalue weighted by Crippen LogP contribution is -2.52. The van der Waals surface area contributed by atoms with E-state index < -0.39 is 36.6 Å². The first-order chi connectivity index (χ1) is 18.1. The molecule has 0 bridgehead atoms. The van der Waals surface area contributed by atoms with E-state index in [2.05, 4.69) is 133 Å². The quantitative estimate of drug-likeness (QED) is 0.254. The van der Waals surface area contributed by atoms with Crippen LogP contribution in [0.25, 0.3) is 21.5 Å². The first-order valence-electron chi connectivity index (χ1n) is 14.8. The largest absolute Gasteiger partial charge is 0.495 e. The second-order valence-corrected chi connectivity index (χ2v) is 16.0. The predicted octanol–water partition coefficient (Wildman–Crippen LogP) is 7.19. The molecule has 0 atom stereocenters. The summed E-state index contributed by atoms with van der Waals surface area (Å²) in [6.07, 6.45) is 0. The highest BCUT2D eigenvalue weighted by atomic mass is 16.7. The molecule has 0 aliphatic carbocycles. The molecule has 40 heavy (non-hydrogen) atoms. The van der Waals surface area contributed by atoms with Crippen molar-refractivity contribution in [2.45, 2.75) is 130 Å². The summed E-state index contributed by atoms with van der Waals surface area (Å²) in [7, 11) is -1.12. The van der Waals surface area contributed by atoms with Crippen LogP contribution in [-0.4, -0.2) is 36.6 Å². The third kappa shape index (κ3) is 4.64. The Hall–Kier alpha value is -1.85. The lowest BCUT2D eigenvalue weighted by Gasteiger charge is -2.32. The van der Waals surface area contributed by atoms with Crippen molar-refractivity contribution >= 4 is 46.7 Å². The zero-order valence-corrected chi connectivity index (χ0v) is 27.3. The van der Waals surface area contributed by atoms with E-state index in [0.29, 0.717) is 0 Å². The molecule has 2 aliphatic heterocycles. The molecule has 2 saturated heterocycles. The highest BCUT2D eigenvalue weighted by Crippen LogP contribution is 2.41. The van der Waals surface area contributed by atoms with Crippen LogP contribution in [0.4, 0.5) is 0 Å². The number of benzene rings is 3. The molecule has 0 saturated carbocycles. The Labute approximate surface area is 242 Å². The summed E-state index contributed by atoms with van der Waals surface area (Å²) in [6.45, 7) is 30.5. The van der Waals surface area contributed by atoms with Crippen LogP contribution in [0.2, 0.25) is 0 Å². The molecule has 5 rings (SSSR count). The van der Waals surface area contributed by atoms with Crippen molar-refractivity contribution in [3.05, 3.63) is 47.5 Å². The number of fused-ring (bicyclic) bond motifs is 3. The van der Waals surface area contributed by atoms with E-state index >= 15 is 0 Å². The van der Waals surface area contributed by atoms with Gasteiger partial charge in [0, 0.05) is 0 Å². The Bertz CT molecular complexity index is 1340.